The first kappa shape index (κ1) is 19.8. The van der Waals surface area contributed by atoms with E-state index < -0.39 is 0 Å². The van der Waals surface area contributed by atoms with Crippen LogP contribution < -0.4 is 15.4 Å². The molecule has 0 aliphatic carbocycles. The van der Waals surface area contributed by atoms with Crippen LogP contribution in [0.3, 0.4) is 0 Å². The van der Waals surface area contributed by atoms with Crippen LogP contribution in [0.5, 0.6) is 5.75 Å². The van der Waals surface area contributed by atoms with Crippen molar-refractivity contribution in [3.63, 3.8) is 0 Å². The monoisotopic (exact) mass is 358 g/mol. The van der Waals surface area contributed by atoms with Crippen molar-refractivity contribution in [1.29, 1.82) is 0 Å². The predicted molar refractivity (Wildman–Crippen MR) is 105 cm³/mol. The number of hydrogen-bond donors (Lipinski definition) is 2. The van der Waals surface area contributed by atoms with E-state index in [-0.39, 0.29) is 5.41 Å². The molecular formula is C20H30N4O2. The fourth-order valence-corrected chi connectivity index (χ4v) is 2.44. The summed E-state index contributed by atoms with van der Waals surface area (Å²) in [6, 6.07) is 6.18. The van der Waals surface area contributed by atoms with E-state index in [1.54, 1.807) is 13.2 Å². The Bertz CT molecular complexity index is 745. The molecule has 2 N–H and O–H groups in total. The van der Waals surface area contributed by atoms with Gasteiger partial charge in [-0.3, -0.25) is 4.99 Å². The molecule has 0 aliphatic rings. The van der Waals surface area contributed by atoms with Crippen molar-refractivity contribution < 1.29 is 9.15 Å². The van der Waals surface area contributed by atoms with Crippen LogP contribution in [0.15, 0.2) is 33.8 Å². The van der Waals surface area contributed by atoms with Gasteiger partial charge in [-0.15, -0.1) is 0 Å². The molecule has 2 aromatic rings. The minimum atomic E-state index is -0.0450. The molecule has 0 fully saturated rings. The number of benzene rings is 1. The van der Waals surface area contributed by atoms with Crippen LogP contribution in [0.25, 0.3) is 0 Å². The van der Waals surface area contributed by atoms with Gasteiger partial charge in [0.25, 0.3) is 0 Å². The highest BCUT2D eigenvalue weighted by atomic mass is 16.5. The van der Waals surface area contributed by atoms with Crippen molar-refractivity contribution in [1.82, 2.24) is 15.6 Å². The van der Waals surface area contributed by atoms with Gasteiger partial charge in [-0.2, -0.15) is 0 Å². The molecule has 26 heavy (non-hydrogen) atoms. The molecule has 0 atom stereocenters. The number of nitrogens with one attached hydrogen (secondary N) is 2. The highest BCUT2D eigenvalue weighted by Gasteiger charge is 2.19. The van der Waals surface area contributed by atoms with E-state index in [9.17, 15) is 0 Å². The van der Waals surface area contributed by atoms with Gasteiger partial charge in [-0.05, 0) is 31.0 Å². The maximum absolute atomic E-state index is 5.79. The van der Waals surface area contributed by atoms with Gasteiger partial charge in [-0.25, -0.2) is 4.98 Å². The molecule has 0 saturated carbocycles. The molecule has 0 amide bonds. The van der Waals surface area contributed by atoms with Crippen molar-refractivity contribution in [2.45, 2.75) is 53.1 Å². The third-order valence-corrected chi connectivity index (χ3v) is 3.92. The Morgan fingerprint density at radius 2 is 1.96 bits per heavy atom. The van der Waals surface area contributed by atoms with E-state index in [1.165, 1.54) is 5.56 Å². The number of aromatic nitrogens is 1. The number of oxazole rings is 1. The molecule has 1 aromatic heterocycles. The summed E-state index contributed by atoms with van der Waals surface area (Å²) in [4.78, 5) is 8.56. The molecule has 1 heterocycles. The lowest BCUT2D eigenvalue weighted by atomic mass is 9.94. The van der Waals surface area contributed by atoms with Crippen LogP contribution in [0.2, 0.25) is 0 Å². The number of guanidine groups is 1. The molecule has 2 rings (SSSR count). The summed E-state index contributed by atoms with van der Waals surface area (Å²) < 4.78 is 11.4. The lowest BCUT2D eigenvalue weighted by Gasteiger charge is -2.14. The second kappa shape index (κ2) is 8.74. The van der Waals surface area contributed by atoms with Crippen molar-refractivity contribution >= 4 is 5.96 Å². The molecule has 0 radical (unpaired) electrons. The van der Waals surface area contributed by atoms with E-state index in [0.717, 1.165) is 17.1 Å². The average Bonchev–Trinajstić information content (AvgIpc) is 3.07. The van der Waals surface area contributed by atoms with E-state index in [0.29, 0.717) is 31.5 Å². The van der Waals surface area contributed by atoms with E-state index >= 15 is 0 Å². The van der Waals surface area contributed by atoms with Crippen LogP contribution in [0, 0.1) is 6.92 Å². The van der Waals surface area contributed by atoms with Gasteiger partial charge in [0.1, 0.15) is 11.5 Å². The number of nitrogens with zero attached hydrogens (tertiary/aromatic N) is 2. The van der Waals surface area contributed by atoms with Gasteiger partial charge in [0.15, 0.2) is 5.96 Å². The summed E-state index contributed by atoms with van der Waals surface area (Å²) in [5.41, 5.74) is 2.25. The maximum Gasteiger partial charge on any atom is 0.213 e. The predicted octanol–water partition coefficient (Wildman–Crippen LogP) is 3.54. The van der Waals surface area contributed by atoms with Gasteiger partial charge in [0, 0.05) is 19.0 Å². The molecule has 6 heteroatoms. The second-order valence-corrected chi connectivity index (χ2v) is 7.18. The third kappa shape index (κ3) is 5.51. The molecule has 0 aliphatic heterocycles. The molecule has 0 unspecified atom stereocenters. The minimum absolute atomic E-state index is 0.0450. The van der Waals surface area contributed by atoms with Crippen molar-refractivity contribution in [2.75, 3.05) is 13.7 Å². The molecular weight excluding hydrogens is 328 g/mol. The first-order valence-corrected chi connectivity index (χ1v) is 8.95. The quantitative estimate of drug-likeness (QED) is 0.610. The Labute approximate surface area is 156 Å². The van der Waals surface area contributed by atoms with Gasteiger partial charge < -0.3 is 19.8 Å². The Morgan fingerprint density at radius 1 is 1.23 bits per heavy atom. The standard InChI is InChI=1S/C20H30N4O2/c1-7-25-16-9-8-15(10-14(16)2)11-23-19(21-6)24-13-18-22-12-17(26-18)20(3,4)5/h8-10,12H,7,11,13H2,1-6H3,(H2,21,23,24). The molecule has 0 spiro atoms. The van der Waals surface area contributed by atoms with Crippen LogP contribution in [-0.4, -0.2) is 24.6 Å². The summed E-state index contributed by atoms with van der Waals surface area (Å²) >= 11 is 0. The maximum atomic E-state index is 5.79. The summed E-state index contributed by atoms with van der Waals surface area (Å²) in [6.07, 6.45) is 1.79. The molecule has 6 nitrogen and oxygen atoms in total. The summed E-state index contributed by atoms with van der Waals surface area (Å²) in [7, 11) is 1.74. The normalized spacial score (nSPS) is 12.2. The lowest BCUT2D eigenvalue weighted by molar-refractivity contribution is 0.338. The summed E-state index contributed by atoms with van der Waals surface area (Å²) in [5.74, 6) is 3.15. The highest BCUT2D eigenvalue weighted by Crippen LogP contribution is 2.22. The zero-order chi connectivity index (χ0) is 19.2. The van der Waals surface area contributed by atoms with Gasteiger partial charge >= 0.3 is 0 Å². The van der Waals surface area contributed by atoms with Gasteiger partial charge in [0.2, 0.25) is 5.89 Å². The number of aliphatic imine (C=N–C) groups is 1. The second-order valence-electron chi connectivity index (χ2n) is 7.18. The molecule has 0 bridgehead atoms. The Hall–Kier alpha value is -2.50. The molecule has 0 saturated heterocycles. The first-order valence-electron chi connectivity index (χ1n) is 8.95. The first-order chi connectivity index (χ1) is 12.3. The highest BCUT2D eigenvalue weighted by molar-refractivity contribution is 5.79. The smallest absolute Gasteiger partial charge is 0.213 e. The fourth-order valence-electron chi connectivity index (χ4n) is 2.44. The topological polar surface area (TPSA) is 71.7 Å². The van der Waals surface area contributed by atoms with Crippen LogP contribution >= 0.6 is 0 Å². The molecule has 1 aromatic carbocycles. The zero-order valence-corrected chi connectivity index (χ0v) is 16.6. The molecule has 142 valence electrons. The SMILES string of the molecule is CCOc1ccc(CNC(=NC)NCc2ncc(C(C)(C)C)o2)cc1C. The number of hydrogen-bond acceptors (Lipinski definition) is 4. The van der Waals surface area contributed by atoms with Crippen LogP contribution in [-0.2, 0) is 18.5 Å². The fraction of sp³-hybridized carbons (Fsp3) is 0.500. The zero-order valence-electron chi connectivity index (χ0n) is 16.6. The number of rotatable bonds is 6. The van der Waals surface area contributed by atoms with E-state index in [1.807, 2.05) is 13.0 Å². The van der Waals surface area contributed by atoms with Crippen molar-refractivity contribution in [3.05, 3.63) is 47.2 Å². The van der Waals surface area contributed by atoms with Crippen LogP contribution in [0.1, 0.15) is 50.5 Å². The minimum Gasteiger partial charge on any atom is -0.494 e. The largest absolute Gasteiger partial charge is 0.494 e. The number of aryl methyl sites for hydroxylation is 1. The number of ether oxygens (including phenoxy) is 1. The van der Waals surface area contributed by atoms with Crippen LogP contribution in [0.4, 0.5) is 0 Å². The Morgan fingerprint density at radius 3 is 2.54 bits per heavy atom. The van der Waals surface area contributed by atoms with Gasteiger partial charge in [-0.1, -0.05) is 32.9 Å². The average molecular weight is 358 g/mol. The van der Waals surface area contributed by atoms with Crippen molar-refractivity contribution in [2.24, 2.45) is 4.99 Å². The Balaban J connectivity index is 1.88. The van der Waals surface area contributed by atoms with E-state index in [4.69, 9.17) is 9.15 Å². The Kier molecular flexibility index (Phi) is 6.66. The van der Waals surface area contributed by atoms with Crippen molar-refractivity contribution in [3.8, 4) is 5.75 Å². The summed E-state index contributed by atoms with van der Waals surface area (Å²) in [5, 5.41) is 6.53. The third-order valence-electron chi connectivity index (χ3n) is 3.92. The van der Waals surface area contributed by atoms with E-state index in [2.05, 4.69) is 60.4 Å². The van der Waals surface area contributed by atoms with Gasteiger partial charge in [0.05, 0.1) is 19.3 Å². The summed E-state index contributed by atoms with van der Waals surface area (Å²) in [6.45, 7) is 12.2. The lowest BCUT2D eigenvalue weighted by Crippen LogP contribution is -2.36.